The fraction of sp³-hybridized carbons (Fsp3) is 0.524. The summed E-state index contributed by atoms with van der Waals surface area (Å²) in [6, 6.07) is 10.1. The molecule has 6 heteroatoms. The molecule has 0 bridgehead atoms. The Labute approximate surface area is 160 Å². The van der Waals surface area contributed by atoms with Crippen molar-refractivity contribution < 1.29 is 9.53 Å². The van der Waals surface area contributed by atoms with Crippen LogP contribution in [0.15, 0.2) is 30.3 Å². The number of aromatic nitrogens is 2. The van der Waals surface area contributed by atoms with Crippen LogP contribution >= 0.6 is 0 Å². The van der Waals surface area contributed by atoms with Gasteiger partial charge in [-0.1, -0.05) is 37.5 Å². The first-order valence-electron chi connectivity index (χ1n) is 10.1. The number of benzene rings is 1. The van der Waals surface area contributed by atoms with Crippen LogP contribution in [0.1, 0.15) is 53.8 Å². The summed E-state index contributed by atoms with van der Waals surface area (Å²) in [5.74, 6) is 0.833. The second-order valence-corrected chi connectivity index (χ2v) is 7.39. The molecule has 2 N–H and O–H groups in total. The van der Waals surface area contributed by atoms with Gasteiger partial charge in [-0.3, -0.25) is 9.48 Å². The highest BCUT2D eigenvalue weighted by molar-refractivity contribution is 5.94. The Morgan fingerprint density at radius 2 is 2.04 bits per heavy atom. The van der Waals surface area contributed by atoms with Gasteiger partial charge in [0.05, 0.1) is 6.54 Å². The Balaban J connectivity index is 1.44. The molecule has 1 aromatic heterocycles. The third-order valence-electron chi connectivity index (χ3n) is 5.48. The number of carbonyl (C=O) groups is 1. The van der Waals surface area contributed by atoms with Gasteiger partial charge >= 0.3 is 0 Å². The summed E-state index contributed by atoms with van der Waals surface area (Å²) >= 11 is 0. The lowest BCUT2D eigenvalue weighted by Crippen LogP contribution is -2.37. The van der Waals surface area contributed by atoms with E-state index in [0.29, 0.717) is 31.4 Å². The van der Waals surface area contributed by atoms with Crippen LogP contribution in [0.25, 0.3) is 0 Å². The van der Waals surface area contributed by atoms with E-state index in [0.717, 1.165) is 37.1 Å². The van der Waals surface area contributed by atoms with Crippen molar-refractivity contribution >= 4 is 5.91 Å². The van der Waals surface area contributed by atoms with Gasteiger partial charge in [0, 0.05) is 36.8 Å². The number of nitrogens with zero attached hydrogens (tertiary/aromatic N) is 2. The van der Waals surface area contributed by atoms with Crippen LogP contribution in [0.2, 0.25) is 0 Å². The van der Waals surface area contributed by atoms with E-state index in [2.05, 4.69) is 15.7 Å². The molecule has 1 fully saturated rings. The molecule has 144 valence electrons. The van der Waals surface area contributed by atoms with Gasteiger partial charge in [0.25, 0.3) is 5.91 Å². The molecule has 0 saturated heterocycles. The van der Waals surface area contributed by atoms with Crippen molar-refractivity contribution in [2.75, 3.05) is 13.2 Å². The van der Waals surface area contributed by atoms with Gasteiger partial charge in [0.15, 0.2) is 5.69 Å². The topological polar surface area (TPSA) is 68.2 Å². The van der Waals surface area contributed by atoms with E-state index in [-0.39, 0.29) is 5.91 Å². The number of hydrogen-bond donors (Lipinski definition) is 2. The van der Waals surface area contributed by atoms with Crippen LogP contribution in [0.4, 0.5) is 0 Å². The van der Waals surface area contributed by atoms with E-state index in [1.165, 1.54) is 25.0 Å². The molecule has 6 nitrogen and oxygen atoms in total. The van der Waals surface area contributed by atoms with Gasteiger partial charge in [-0.2, -0.15) is 5.10 Å². The van der Waals surface area contributed by atoms with Crippen LogP contribution < -0.4 is 15.4 Å². The predicted octanol–water partition coefficient (Wildman–Crippen LogP) is 2.67. The molecule has 2 heterocycles. The van der Waals surface area contributed by atoms with Crippen molar-refractivity contribution in [1.29, 1.82) is 0 Å². The minimum Gasteiger partial charge on any atom is -0.492 e. The average Bonchev–Trinajstić information content (AvgIpc) is 3.09. The van der Waals surface area contributed by atoms with Gasteiger partial charge in [0.1, 0.15) is 12.4 Å². The highest BCUT2D eigenvalue weighted by Crippen LogP contribution is 2.21. The molecular formula is C21H28N4O2. The van der Waals surface area contributed by atoms with Crippen molar-refractivity contribution in [1.82, 2.24) is 20.4 Å². The number of para-hydroxylation sites is 1. The molecule has 1 aliphatic carbocycles. The third kappa shape index (κ3) is 4.33. The van der Waals surface area contributed by atoms with E-state index >= 15 is 0 Å². The molecule has 1 amide bonds. The maximum atomic E-state index is 12.8. The average molecular weight is 368 g/mol. The summed E-state index contributed by atoms with van der Waals surface area (Å²) in [4.78, 5) is 12.8. The maximum absolute atomic E-state index is 12.8. The molecule has 2 aliphatic rings. The molecule has 0 radical (unpaired) electrons. The van der Waals surface area contributed by atoms with Crippen LogP contribution in [-0.4, -0.2) is 34.9 Å². The molecule has 4 rings (SSSR count). The molecule has 2 aromatic rings. The van der Waals surface area contributed by atoms with E-state index < -0.39 is 0 Å². The first-order chi connectivity index (χ1) is 13.3. The fourth-order valence-electron chi connectivity index (χ4n) is 4.05. The number of rotatable bonds is 6. The van der Waals surface area contributed by atoms with Crippen LogP contribution in [0, 0.1) is 0 Å². The number of fused-ring (bicyclic) bond motifs is 1. The van der Waals surface area contributed by atoms with Crippen LogP contribution in [-0.2, 0) is 19.5 Å². The first kappa shape index (κ1) is 18.0. The maximum Gasteiger partial charge on any atom is 0.272 e. The lowest BCUT2D eigenvalue weighted by Gasteiger charge is -2.22. The van der Waals surface area contributed by atoms with Crippen molar-refractivity contribution in [3.8, 4) is 5.75 Å². The van der Waals surface area contributed by atoms with E-state index in [9.17, 15) is 4.79 Å². The SMILES string of the molecule is O=C(NC1CCCCC1)c1nn(CCOc2ccccc2)c2c1CNCC2. The second kappa shape index (κ2) is 8.57. The van der Waals surface area contributed by atoms with E-state index in [4.69, 9.17) is 4.74 Å². The predicted molar refractivity (Wildman–Crippen MR) is 104 cm³/mol. The zero-order chi connectivity index (χ0) is 18.5. The first-order valence-corrected chi connectivity index (χ1v) is 10.1. The lowest BCUT2D eigenvalue weighted by molar-refractivity contribution is 0.0920. The van der Waals surface area contributed by atoms with Crippen molar-refractivity contribution in [2.45, 2.75) is 57.7 Å². The Morgan fingerprint density at radius 3 is 2.85 bits per heavy atom. The summed E-state index contributed by atoms with van der Waals surface area (Å²) < 4.78 is 7.78. The lowest BCUT2D eigenvalue weighted by atomic mass is 9.95. The quantitative estimate of drug-likeness (QED) is 0.823. The summed E-state index contributed by atoms with van der Waals surface area (Å²) in [5, 5.41) is 11.3. The van der Waals surface area contributed by atoms with Gasteiger partial charge < -0.3 is 15.4 Å². The monoisotopic (exact) mass is 368 g/mol. The molecular weight excluding hydrogens is 340 g/mol. The van der Waals surface area contributed by atoms with Gasteiger partial charge in [-0.15, -0.1) is 0 Å². The molecule has 1 aliphatic heterocycles. The Bertz CT molecular complexity index is 766. The van der Waals surface area contributed by atoms with Crippen LogP contribution in [0.5, 0.6) is 5.75 Å². The molecule has 1 saturated carbocycles. The number of amides is 1. The number of nitrogens with one attached hydrogen (secondary N) is 2. The normalized spacial score (nSPS) is 17.3. The highest BCUT2D eigenvalue weighted by atomic mass is 16.5. The number of ether oxygens (including phenoxy) is 1. The summed E-state index contributed by atoms with van der Waals surface area (Å²) in [7, 11) is 0. The zero-order valence-electron chi connectivity index (χ0n) is 15.7. The standard InChI is InChI=1S/C21H28N4O2/c26-21(23-16-7-3-1-4-8-16)20-18-15-22-12-11-19(18)25(24-20)13-14-27-17-9-5-2-6-10-17/h2,5-6,9-10,16,22H,1,3-4,7-8,11-15H2,(H,23,26). The summed E-state index contributed by atoms with van der Waals surface area (Å²) in [6.45, 7) is 2.81. The number of carbonyl (C=O) groups excluding carboxylic acids is 1. The second-order valence-electron chi connectivity index (χ2n) is 7.39. The third-order valence-corrected chi connectivity index (χ3v) is 5.48. The molecule has 0 spiro atoms. The smallest absolute Gasteiger partial charge is 0.272 e. The van der Waals surface area contributed by atoms with Gasteiger partial charge in [-0.25, -0.2) is 0 Å². The largest absolute Gasteiger partial charge is 0.492 e. The summed E-state index contributed by atoms with van der Waals surface area (Å²) in [5.41, 5.74) is 2.80. The number of hydrogen-bond acceptors (Lipinski definition) is 4. The molecule has 1 aromatic carbocycles. The highest BCUT2D eigenvalue weighted by Gasteiger charge is 2.26. The summed E-state index contributed by atoms with van der Waals surface area (Å²) in [6.07, 6.45) is 6.74. The Hall–Kier alpha value is -2.34. The van der Waals surface area contributed by atoms with Gasteiger partial charge in [0.2, 0.25) is 0 Å². The zero-order valence-corrected chi connectivity index (χ0v) is 15.7. The molecule has 0 unspecified atom stereocenters. The van der Waals surface area contributed by atoms with E-state index in [1.807, 2.05) is 35.0 Å². The van der Waals surface area contributed by atoms with Crippen LogP contribution in [0.3, 0.4) is 0 Å². The fourth-order valence-corrected chi connectivity index (χ4v) is 4.05. The minimum atomic E-state index is -0.0235. The Kier molecular flexibility index (Phi) is 5.72. The van der Waals surface area contributed by atoms with E-state index in [1.54, 1.807) is 0 Å². The Morgan fingerprint density at radius 1 is 1.22 bits per heavy atom. The van der Waals surface area contributed by atoms with Gasteiger partial charge in [-0.05, 0) is 25.0 Å². The van der Waals surface area contributed by atoms with Crippen molar-refractivity contribution in [3.05, 3.63) is 47.3 Å². The minimum absolute atomic E-state index is 0.0235. The molecule has 27 heavy (non-hydrogen) atoms. The molecule has 0 atom stereocenters. The van der Waals surface area contributed by atoms with Crippen molar-refractivity contribution in [2.24, 2.45) is 0 Å². The van der Waals surface area contributed by atoms with Crippen molar-refractivity contribution in [3.63, 3.8) is 0 Å².